The third kappa shape index (κ3) is 2.86. The van der Waals surface area contributed by atoms with Crippen molar-refractivity contribution in [2.75, 3.05) is 0 Å². The lowest BCUT2D eigenvalue weighted by molar-refractivity contribution is 0.268. The Labute approximate surface area is 121 Å². The van der Waals surface area contributed by atoms with Gasteiger partial charge in [0, 0.05) is 0 Å². The molecule has 0 bridgehead atoms. The molecule has 3 N–H and O–H groups in total. The summed E-state index contributed by atoms with van der Waals surface area (Å²) < 4.78 is 55.0. The zero-order valence-corrected chi connectivity index (χ0v) is 12.4. The van der Waals surface area contributed by atoms with E-state index < -0.39 is 36.0 Å². The molecule has 0 fully saturated rings. The molecule has 0 saturated carbocycles. The van der Waals surface area contributed by atoms with Crippen LogP contribution in [0, 0.1) is 0 Å². The highest BCUT2D eigenvalue weighted by Gasteiger charge is 2.22. The van der Waals surface area contributed by atoms with Crippen LogP contribution in [0.3, 0.4) is 0 Å². The van der Waals surface area contributed by atoms with Crippen molar-refractivity contribution < 1.29 is 31.6 Å². The Morgan fingerprint density at radius 3 is 2.14 bits per heavy atom. The summed E-state index contributed by atoms with van der Waals surface area (Å²) in [6.45, 7) is 1.10. The van der Waals surface area contributed by atoms with E-state index in [1.807, 2.05) is 0 Å². The molecule has 0 spiro atoms. The van der Waals surface area contributed by atoms with Gasteiger partial charge in [0.25, 0.3) is 10.1 Å². The van der Waals surface area contributed by atoms with Crippen LogP contribution >= 0.6 is 0 Å². The molecule has 2 rings (SSSR count). The van der Waals surface area contributed by atoms with Gasteiger partial charge in [-0.05, 0) is 42.0 Å². The van der Waals surface area contributed by atoms with E-state index in [1.54, 1.807) is 0 Å². The molecule has 0 aromatic heterocycles. The van der Waals surface area contributed by atoms with Gasteiger partial charge in [0.2, 0.25) is 9.84 Å². The van der Waals surface area contributed by atoms with Crippen molar-refractivity contribution >= 4 is 30.7 Å². The molecule has 0 amide bonds. The van der Waals surface area contributed by atoms with Gasteiger partial charge in [0.1, 0.15) is 10.6 Å². The largest absolute Gasteiger partial charge is 0.506 e. The van der Waals surface area contributed by atoms with Crippen LogP contribution in [-0.2, 0) is 20.0 Å². The molecule has 114 valence electrons. The van der Waals surface area contributed by atoms with Gasteiger partial charge in [-0.25, -0.2) is 8.42 Å². The zero-order chi connectivity index (χ0) is 16.0. The van der Waals surface area contributed by atoms with Crippen molar-refractivity contribution in [3.8, 4) is 5.75 Å². The highest BCUT2D eigenvalue weighted by atomic mass is 32.2. The van der Waals surface area contributed by atoms with Gasteiger partial charge in [-0.2, -0.15) is 8.42 Å². The molecule has 2 aromatic rings. The van der Waals surface area contributed by atoms with E-state index in [9.17, 15) is 27.0 Å². The quantitative estimate of drug-likeness (QED) is 0.712. The zero-order valence-electron chi connectivity index (χ0n) is 10.8. The Kier molecular flexibility index (Phi) is 3.70. The first-order valence-electron chi connectivity index (χ1n) is 5.70. The average molecular weight is 332 g/mol. The SMILES string of the molecule is CC(O)S(=O)(=O)c1ccc2cc(O)c(S(=O)(=O)O)cc2c1. The van der Waals surface area contributed by atoms with E-state index in [2.05, 4.69) is 0 Å². The number of phenolic OH excluding ortho intramolecular Hbond substituents is 1. The van der Waals surface area contributed by atoms with Crippen LogP contribution < -0.4 is 0 Å². The van der Waals surface area contributed by atoms with E-state index >= 15 is 0 Å². The Balaban J connectivity index is 2.77. The fourth-order valence-corrected chi connectivity index (χ4v) is 3.37. The molecule has 0 aliphatic carbocycles. The van der Waals surface area contributed by atoms with Crippen LogP contribution in [0.2, 0.25) is 0 Å². The van der Waals surface area contributed by atoms with Gasteiger partial charge in [0.15, 0.2) is 5.44 Å². The van der Waals surface area contributed by atoms with Crippen molar-refractivity contribution in [1.82, 2.24) is 0 Å². The lowest BCUT2D eigenvalue weighted by atomic mass is 10.1. The minimum absolute atomic E-state index is 0.183. The fraction of sp³-hybridized carbons (Fsp3) is 0.167. The minimum Gasteiger partial charge on any atom is -0.506 e. The van der Waals surface area contributed by atoms with E-state index in [1.165, 1.54) is 12.1 Å². The maximum atomic E-state index is 11.9. The van der Waals surface area contributed by atoms with E-state index in [4.69, 9.17) is 4.55 Å². The molecule has 0 heterocycles. The molecule has 2 aromatic carbocycles. The first kappa shape index (κ1) is 15.7. The molecule has 21 heavy (non-hydrogen) atoms. The van der Waals surface area contributed by atoms with E-state index in [-0.39, 0.29) is 10.3 Å². The summed E-state index contributed by atoms with van der Waals surface area (Å²) in [5, 5.41) is 19.4. The molecular formula is C12H12O7S2. The summed E-state index contributed by atoms with van der Waals surface area (Å²) in [6, 6.07) is 5.80. The van der Waals surface area contributed by atoms with Crippen LogP contribution in [0.5, 0.6) is 5.75 Å². The van der Waals surface area contributed by atoms with Gasteiger partial charge < -0.3 is 10.2 Å². The average Bonchev–Trinajstić information content (AvgIpc) is 2.35. The van der Waals surface area contributed by atoms with E-state index in [0.717, 1.165) is 25.1 Å². The number of fused-ring (bicyclic) bond motifs is 1. The monoisotopic (exact) mass is 332 g/mol. The topological polar surface area (TPSA) is 129 Å². The van der Waals surface area contributed by atoms with Crippen molar-refractivity contribution in [1.29, 1.82) is 0 Å². The fourth-order valence-electron chi connectivity index (χ4n) is 1.82. The third-order valence-electron chi connectivity index (χ3n) is 2.95. The van der Waals surface area contributed by atoms with Crippen molar-refractivity contribution in [2.24, 2.45) is 0 Å². The minimum atomic E-state index is -4.64. The number of phenols is 1. The lowest BCUT2D eigenvalue weighted by Crippen LogP contribution is -2.16. The van der Waals surface area contributed by atoms with Crippen molar-refractivity contribution in [3.05, 3.63) is 30.3 Å². The summed E-state index contributed by atoms with van der Waals surface area (Å²) in [5.41, 5.74) is -1.62. The van der Waals surface area contributed by atoms with Gasteiger partial charge in [-0.15, -0.1) is 0 Å². The van der Waals surface area contributed by atoms with Gasteiger partial charge >= 0.3 is 0 Å². The number of hydrogen-bond acceptors (Lipinski definition) is 6. The molecule has 0 aliphatic heterocycles. The number of aliphatic hydroxyl groups excluding tert-OH is 1. The maximum absolute atomic E-state index is 11.9. The standard InChI is InChI=1S/C12H12O7S2/c1-7(13)20(15,16)10-3-2-8-5-11(14)12(21(17,18)19)6-9(8)4-10/h2-7,13-14H,1H3,(H,17,18,19). The van der Waals surface area contributed by atoms with Gasteiger partial charge in [-0.3, -0.25) is 4.55 Å². The second-order valence-corrected chi connectivity index (χ2v) is 8.08. The molecule has 1 atom stereocenters. The number of aliphatic hydroxyl groups is 1. The summed E-state index contributed by atoms with van der Waals surface area (Å²) >= 11 is 0. The molecule has 7 nitrogen and oxygen atoms in total. The summed E-state index contributed by atoms with van der Waals surface area (Å²) in [6.07, 6.45) is 0. The van der Waals surface area contributed by atoms with Crippen molar-refractivity contribution in [2.45, 2.75) is 22.2 Å². The van der Waals surface area contributed by atoms with Crippen LogP contribution in [-0.4, -0.2) is 37.0 Å². The molecule has 1 unspecified atom stereocenters. The van der Waals surface area contributed by atoms with Crippen LogP contribution in [0.15, 0.2) is 40.1 Å². The van der Waals surface area contributed by atoms with Gasteiger partial charge in [0.05, 0.1) is 4.90 Å². The summed E-state index contributed by atoms with van der Waals surface area (Å²) in [7, 11) is -8.58. The summed E-state index contributed by atoms with van der Waals surface area (Å²) in [4.78, 5) is -0.918. The Bertz CT molecular complexity index is 912. The third-order valence-corrected chi connectivity index (χ3v) is 5.64. The second kappa shape index (κ2) is 4.95. The normalized spacial score (nSPS) is 14.2. The predicted molar refractivity (Wildman–Crippen MR) is 74.3 cm³/mol. The highest BCUT2D eigenvalue weighted by molar-refractivity contribution is 7.91. The predicted octanol–water partition coefficient (Wildman–Crippen LogP) is 0.904. The maximum Gasteiger partial charge on any atom is 0.298 e. The number of aromatic hydroxyl groups is 1. The Morgan fingerprint density at radius 1 is 1.00 bits per heavy atom. The number of benzene rings is 2. The van der Waals surface area contributed by atoms with Gasteiger partial charge in [-0.1, -0.05) is 6.07 Å². The first-order chi connectivity index (χ1) is 9.53. The number of hydrogen-bond donors (Lipinski definition) is 3. The van der Waals surface area contributed by atoms with Crippen LogP contribution in [0.4, 0.5) is 0 Å². The number of sulfone groups is 1. The molecule has 0 aliphatic rings. The van der Waals surface area contributed by atoms with Crippen LogP contribution in [0.25, 0.3) is 10.8 Å². The Morgan fingerprint density at radius 2 is 1.62 bits per heavy atom. The first-order valence-corrected chi connectivity index (χ1v) is 8.68. The summed E-state index contributed by atoms with van der Waals surface area (Å²) in [5.74, 6) is -0.642. The lowest BCUT2D eigenvalue weighted by Gasteiger charge is -2.09. The molecule has 0 saturated heterocycles. The smallest absolute Gasteiger partial charge is 0.298 e. The molecular weight excluding hydrogens is 320 g/mol. The number of rotatable bonds is 3. The second-order valence-electron chi connectivity index (χ2n) is 4.45. The Hall–Kier alpha value is -1.68. The highest BCUT2D eigenvalue weighted by Crippen LogP contribution is 2.30. The molecule has 9 heteroatoms. The molecule has 0 radical (unpaired) electrons. The van der Waals surface area contributed by atoms with E-state index in [0.29, 0.717) is 5.39 Å². The van der Waals surface area contributed by atoms with Crippen molar-refractivity contribution in [3.63, 3.8) is 0 Å². The van der Waals surface area contributed by atoms with Crippen LogP contribution in [0.1, 0.15) is 6.92 Å².